The molecule has 0 fully saturated rings. The van der Waals surface area contributed by atoms with Gasteiger partial charge in [0.1, 0.15) is 5.82 Å². The van der Waals surface area contributed by atoms with E-state index in [4.69, 9.17) is 5.11 Å². The molecule has 0 aliphatic heterocycles. The van der Waals surface area contributed by atoms with Crippen molar-refractivity contribution < 1.29 is 19.1 Å². The summed E-state index contributed by atoms with van der Waals surface area (Å²) < 4.78 is 13.4. The fourth-order valence-corrected chi connectivity index (χ4v) is 1.54. The van der Waals surface area contributed by atoms with Crippen LogP contribution in [0.4, 0.5) is 4.39 Å². The highest BCUT2D eigenvalue weighted by Gasteiger charge is 2.10. The van der Waals surface area contributed by atoms with Gasteiger partial charge in [-0.2, -0.15) is 0 Å². The number of amides is 1. The van der Waals surface area contributed by atoms with E-state index >= 15 is 0 Å². The van der Waals surface area contributed by atoms with Gasteiger partial charge in [0, 0.05) is 12.6 Å². The highest BCUT2D eigenvalue weighted by molar-refractivity contribution is 5.87. The number of aromatic carboxylic acids is 1. The van der Waals surface area contributed by atoms with Crippen LogP contribution in [0, 0.1) is 5.82 Å². The van der Waals surface area contributed by atoms with Crippen LogP contribution in [0.5, 0.6) is 0 Å². The second kappa shape index (κ2) is 6.84. The van der Waals surface area contributed by atoms with E-state index in [1.54, 1.807) is 0 Å². The maximum Gasteiger partial charge on any atom is 0.338 e. The van der Waals surface area contributed by atoms with Gasteiger partial charge in [-0.1, -0.05) is 6.07 Å². The molecule has 0 unspecified atom stereocenters. The Kier molecular flexibility index (Phi) is 5.44. The van der Waals surface area contributed by atoms with Crippen LogP contribution in [-0.4, -0.2) is 29.6 Å². The van der Waals surface area contributed by atoms with E-state index in [9.17, 15) is 14.0 Å². The zero-order chi connectivity index (χ0) is 14.4. The average molecular weight is 268 g/mol. The monoisotopic (exact) mass is 268 g/mol. The molecule has 0 aliphatic rings. The smallest absolute Gasteiger partial charge is 0.338 e. The van der Waals surface area contributed by atoms with Crippen LogP contribution in [0.3, 0.4) is 0 Å². The lowest BCUT2D eigenvalue weighted by atomic mass is 10.1. The Hall–Kier alpha value is -1.95. The van der Waals surface area contributed by atoms with Crippen LogP contribution in [0.15, 0.2) is 18.2 Å². The molecular formula is C13H17FN2O3. The standard InChI is InChI=1S/C13H17FN2O3/c1-8(2)16-12(17)7-15-6-9-3-4-10(13(18)19)11(14)5-9/h3-5,8,15H,6-7H2,1-2H3,(H,16,17)(H,18,19). The molecule has 0 bridgehead atoms. The van der Waals surface area contributed by atoms with Crippen molar-refractivity contribution >= 4 is 11.9 Å². The first-order chi connectivity index (χ1) is 8.90. The fourth-order valence-electron chi connectivity index (χ4n) is 1.54. The van der Waals surface area contributed by atoms with Crippen LogP contribution >= 0.6 is 0 Å². The van der Waals surface area contributed by atoms with E-state index in [1.165, 1.54) is 12.1 Å². The summed E-state index contributed by atoms with van der Waals surface area (Å²) in [5, 5.41) is 14.2. The van der Waals surface area contributed by atoms with Crippen molar-refractivity contribution in [1.29, 1.82) is 0 Å². The summed E-state index contributed by atoms with van der Waals surface area (Å²) in [7, 11) is 0. The molecule has 3 N–H and O–H groups in total. The summed E-state index contributed by atoms with van der Waals surface area (Å²) in [6, 6.07) is 3.95. The lowest BCUT2D eigenvalue weighted by Gasteiger charge is -2.09. The number of carbonyl (C=O) groups is 2. The molecule has 0 aromatic heterocycles. The van der Waals surface area contributed by atoms with E-state index in [0.29, 0.717) is 12.1 Å². The number of nitrogens with one attached hydrogen (secondary N) is 2. The number of hydrogen-bond donors (Lipinski definition) is 3. The third-order valence-corrected chi connectivity index (χ3v) is 2.33. The second-order valence-corrected chi connectivity index (χ2v) is 4.45. The van der Waals surface area contributed by atoms with Gasteiger partial charge in [-0.25, -0.2) is 9.18 Å². The lowest BCUT2D eigenvalue weighted by molar-refractivity contribution is -0.120. The van der Waals surface area contributed by atoms with Gasteiger partial charge in [-0.05, 0) is 31.5 Å². The number of carboxylic acids is 1. The Morgan fingerprint density at radius 1 is 1.37 bits per heavy atom. The van der Waals surface area contributed by atoms with Crippen molar-refractivity contribution in [3.05, 3.63) is 35.1 Å². The number of rotatable bonds is 6. The lowest BCUT2D eigenvalue weighted by Crippen LogP contribution is -2.37. The first-order valence-electron chi connectivity index (χ1n) is 5.92. The van der Waals surface area contributed by atoms with Gasteiger partial charge in [-0.3, -0.25) is 4.79 Å². The van der Waals surface area contributed by atoms with Crippen LogP contribution in [0.1, 0.15) is 29.8 Å². The Balaban J connectivity index is 2.48. The van der Waals surface area contributed by atoms with E-state index in [2.05, 4.69) is 10.6 Å². The number of carboxylic acid groups (broad SMARTS) is 1. The van der Waals surface area contributed by atoms with Crippen LogP contribution < -0.4 is 10.6 Å². The maximum absolute atomic E-state index is 13.4. The van der Waals surface area contributed by atoms with E-state index < -0.39 is 11.8 Å². The van der Waals surface area contributed by atoms with Gasteiger partial charge in [-0.15, -0.1) is 0 Å². The van der Waals surface area contributed by atoms with E-state index in [-0.39, 0.29) is 24.1 Å². The van der Waals surface area contributed by atoms with Crippen molar-refractivity contribution in [2.24, 2.45) is 0 Å². The normalized spacial score (nSPS) is 10.5. The van der Waals surface area contributed by atoms with Gasteiger partial charge in [0.25, 0.3) is 0 Å². The quantitative estimate of drug-likeness (QED) is 0.723. The average Bonchev–Trinajstić information content (AvgIpc) is 2.27. The maximum atomic E-state index is 13.4. The first kappa shape index (κ1) is 15.1. The molecule has 0 saturated heterocycles. The molecule has 6 heteroatoms. The molecule has 19 heavy (non-hydrogen) atoms. The molecule has 0 saturated carbocycles. The third kappa shape index (κ3) is 5.05. The molecule has 1 rings (SSSR count). The number of benzene rings is 1. The molecule has 0 aliphatic carbocycles. The van der Waals surface area contributed by atoms with E-state index in [0.717, 1.165) is 6.07 Å². The number of hydrogen-bond acceptors (Lipinski definition) is 3. The Labute approximate surface area is 110 Å². The Morgan fingerprint density at radius 2 is 2.05 bits per heavy atom. The van der Waals surface area contributed by atoms with Gasteiger partial charge in [0.15, 0.2) is 0 Å². The minimum atomic E-state index is -1.30. The van der Waals surface area contributed by atoms with Crippen molar-refractivity contribution in [3.8, 4) is 0 Å². The number of halogens is 1. The van der Waals surface area contributed by atoms with Gasteiger partial charge in [0.2, 0.25) is 5.91 Å². The fraction of sp³-hybridized carbons (Fsp3) is 0.385. The zero-order valence-electron chi connectivity index (χ0n) is 10.9. The first-order valence-corrected chi connectivity index (χ1v) is 5.92. The van der Waals surface area contributed by atoms with Gasteiger partial charge >= 0.3 is 5.97 Å². The topological polar surface area (TPSA) is 78.4 Å². The summed E-state index contributed by atoms with van der Waals surface area (Å²) in [6.07, 6.45) is 0. The predicted molar refractivity (Wildman–Crippen MR) is 68.3 cm³/mol. The molecular weight excluding hydrogens is 251 g/mol. The van der Waals surface area contributed by atoms with Crippen LogP contribution in [0.2, 0.25) is 0 Å². The van der Waals surface area contributed by atoms with Crippen molar-refractivity contribution in [2.75, 3.05) is 6.54 Å². The second-order valence-electron chi connectivity index (χ2n) is 4.45. The van der Waals surface area contributed by atoms with Crippen molar-refractivity contribution in [2.45, 2.75) is 26.4 Å². The van der Waals surface area contributed by atoms with Crippen molar-refractivity contribution in [3.63, 3.8) is 0 Å². The zero-order valence-corrected chi connectivity index (χ0v) is 10.9. The summed E-state index contributed by atoms with van der Waals surface area (Å²) in [4.78, 5) is 22.0. The highest BCUT2D eigenvalue weighted by atomic mass is 19.1. The predicted octanol–water partition coefficient (Wildman–Crippen LogP) is 1.14. The molecule has 0 heterocycles. The largest absolute Gasteiger partial charge is 0.478 e. The summed E-state index contributed by atoms with van der Waals surface area (Å²) in [6.45, 7) is 4.14. The molecule has 0 spiro atoms. The molecule has 1 amide bonds. The number of carbonyl (C=O) groups excluding carboxylic acids is 1. The third-order valence-electron chi connectivity index (χ3n) is 2.33. The summed E-state index contributed by atoms with van der Waals surface area (Å²) >= 11 is 0. The van der Waals surface area contributed by atoms with Gasteiger partial charge < -0.3 is 15.7 Å². The Bertz CT molecular complexity index is 475. The molecule has 0 atom stereocenters. The van der Waals surface area contributed by atoms with Crippen molar-refractivity contribution in [1.82, 2.24) is 10.6 Å². The summed E-state index contributed by atoms with van der Waals surface area (Å²) in [5.74, 6) is -2.22. The molecule has 1 aromatic carbocycles. The summed E-state index contributed by atoms with van der Waals surface area (Å²) in [5.41, 5.74) is 0.223. The van der Waals surface area contributed by atoms with E-state index in [1.807, 2.05) is 13.8 Å². The minimum Gasteiger partial charge on any atom is -0.478 e. The molecule has 104 valence electrons. The molecule has 5 nitrogen and oxygen atoms in total. The van der Waals surface area contributed by atoms with Crippen LogP contribution in [0.25, 0.3) is 0 Å². The minimum absolute atomic E-state index is 0.0709. The molecule has 1 aromatic rings. The van der Waals surface area contributed by atoms with Gasteiger partial charge in [0.05, 0.1) is 12.1 Å². The molecule has 0 radical (unpaired) electrons. The van der Waals surface area contributed by atoms with Crippen LogP contribution in [-0.2, 0) is 11.3 Å². The highest BCUT2D eigenvalue weighted by Crippen LogP contribution is 2.10. The Morgan fingerprint density at radius 3 is 2.58 bits per heavy atom. The SMILES string of the molecule is CC(C)NC(=O)CNCc1ccc(C(=O)O)c(F)c1.